The standard InChI is InChI=1S/C12H12N4S/c1-2-7-14-12(17)16-15-9-11-5-3-10(8-13)4-6-11/h2-6,9H,1,7H2,(H2,14,16,17). The number of thiocarbonyl (C=S) groups is 1. The predicted molar refractivity (Wildman–Crippen MR) is 72.7 cm³/mol. The Morgan fingerprint density at radius 3 is 2.76 bits per heavy atom. The Hall–Kier alpha value is -2.19. The first-order valence-corrected chi connectivity index (χ1v) is 5.35. The summed E-state index contributed by atoms with van der Waals surface area (Å²) in [7, 11) is 0. The Bertz CT molecular complexity index is 456. The van der Waals surface area contributed by atoms with Crippen LogP contribution in [-0.4, -0.2) is 17.9 Å². The van der Waals surface area contributed by atoms with Crippen molar-refractivity contribution in [1.29, 1.82) is 5.26 Å². The number of nitriles is 1. The van der Waals surface area contributed by atoms with E-state index >= 15 is 0 Å². The Labute approximate surface area is 106 Å². The molecule has 0 aliphatic carbocycles. The third-order valence-corrected chi connectivity index (χ3v) is 2.06. The molecule has 0 atom stereocenters. The van der Waals surface area contributed by atoms with Crippen LogP contribution in [0.25, 0.3) is 0 Å². The third-order valence-electron chi connectivity index (χ3n) is 1.83. The van der Waals surface area contributed by atoms with E-state index in [1.165, 1.54) is 0 Å². The first kappa shape index (κ1) is 12.9. The molecular formula is C12H12N4S. The minimum absolute atomic E-state index is 0.440. The van der Waals surface area contributed by atoms with Gasteiger partial charge in [-0.05, 0) is 29.9 Å². The Kier molecular flexibility index (Phi) is 5.41. The summed E-state index contributed by atoms with van der Waals surface area (Å²) >= 11 is 4.95. The lowest BCUT2D eigenvalue weighted by Gasteiger charge is -2.02. The summed E-state index contributed by atoms with van der Waals surface area (Å²) in [5, 5.41) is 15.9. The maximum atomic E-state index is 8.63. The van der Waals surface area contributed by atoms with Gasteiger partial charge in [0, 0.05) is 6.54 Å². The summed E-state index contributed by atoms with van der Waals surface area (Å²) < 4.78 is 0. The molecule has 0 fully saturated rings. The topological polar surface area (TPSA) is 60.2 Å². The van der Waals surface area contributed by atoms with Gasteiger partial charge in [-0.3, -0.25) is 5.43 Å². The van der Waals surface area contributed by atoms with Gasteiger partial charge in [-0.2, -0.15) is 10.4 Å². The molecule has 0 radical (unpaired) electrons. The van der Waals surface area contributed by atoms with E-state index in [1.807, 2.05) is 12.1 Å². The van der Waals surface area contributed by atoms with E-state index in [1.54, 1.807) is 24.4 Å². The van der Waals surface area contributed by atoms with Crippen LogP contribution >= 0.6 is 12.2 Å². The fourth-order valence-electron chi connectivity index (χ4n) is 1.01. The molecule has 0 aromatic heterocycles. The largest absolute Gasteiger partial charge is 0.358 e. The van der Waals surface area contributed by atoms with Crippen LogP contribution in [0, 0.1) is 11.3 Å². The second-order valence-corrected chi connectivity index (χ2v) is 3.51. The zero-order valence-electron chi connectivity index (χ0n) is 9.18. The van der Waals surface area contributed by atoms with Crippen molar-refractivity contribution in [2.75, 3.05) is 6.54 Å². The zero-order valence-corrected chi connectivity index (χ0v) is 10.00. The molecule has 1 aromatic rings. The molecule has 1 rings (SSSR count). The molecular weight excluding hydrogens is 232 g/mol. The smallest absolute Gasteiger partial charge is 0.187 e. The van der Waals surface area contributed by atoms with E-state index < -0.39 is 0 Å². The molecule has 17 heavy (non-hydrogen) atoms. The summed E-state index contributed by atoms with van der Waals surface area (Å²) in [5.74, 6) is 0. The van der Waals surface area contributed by atoms with Crippen LogP contribution in [0.15, 0.2) is 42.0 Å². The summed E-state index contributed by atoms with van der Waals surface area (Å²) in [4.78, 5) is 0. The van der Waals surface area contributed by atoms with Crippen LogP contribution in [0.3, 0.4) is 0 Å². The second-order valence-electron chi connectivity index (χ2n) is 3.10. The van der Waals surface area contributed by atoms with Gasteiger partial charge < -0.3 is 5.32 Å². The fourth-order valence-corrected chi connectivity index (χ4v) is 1.15. The monoisotopic (exact) mass is 244 g/mol. The van der Waals surface area contributed by atoms with Crippen LogP contribution in [0.5, 0.6) is 0 Å². The highest BCUT2D eigenvalue weighted by atomic mass is 32.1. The number of rotatable bonds is 4. The van der Waals surface area contributed by atoms with Crippen molar-refractivity contribution in [1.82, 2.24) is 10.7 Å². The molecule has 0 spiro atoms. The average molecular weight is 244 g/mol. The maximum absolute atomic E-state index is 8.63. The number of nitrogens with one attached hydrogen (secondary N) is 2. The minimum Gasteiger partial charge on any atom is -0.358 e. The average Bonchev–Trinajstić information content (AvgIpc) is 2.37. The van der Waals surface area contributed by atoms with Gasteiger partial charge in [-0.1, -0.05) is 18.2 Å². The highest BCUT2D eigenvalue weighted by Gasteiger charge is 1.91. The summed E-state index contributed by atoms with van der Waals surface area (Å²) in [6.45, 7) is 4.16. The Balaban J connectivity index is 2.45. The second kappa shape index (κ2) is 7.14. The van der Waals surface area contributed by atoms with E-state index in [-0.39, 0.29) is 0 Å². The van der Waals surface area contributed by atoms with E-state index in [9.17, 15) is 0 Å². The fraction of sp³-hybridized carbons (Fsp3) is 0.0833. The van der Waals surface area contributed by atoms with Gasteiger partial charge >= 0.3 is 0 Å². The summed E-state index contributed by atoms with van der Waals surface area (Å²) in [6, 6.07) is 9.13. The summed E-state index contributed by atoms with van der Waals surface area (Å²) in [5.41, 5.74) is 4.19. The molecule has 0 heterocycles. The molecule has 0 saturated carbocycles. The molecule has 0 aliphatic heterocycles. The van der Waals surface area contributed by atoms with E-state index in [0.717, 1.165) is 5.56 Å². The van der Waals surface area contributed by atoms with Gasteiger partial charge in [0.25, 0.3) is 0 Å². The third kappa shape index (κ3) is 4.91. The molecule has 4 nitrogen and oxygen atoms in total. The normalized spacial score (nSPS) is 9.59. The first-order chi connectivity index (χ1) is 8.26. The van der Waals surface area contributed by atoms with Crippen LogP contribution in [0.4, 0.5) is 0 Å². The van der Waals surface area contributed by atoms with Crippen molar-refractivity contribution in [3.05, 3.63) is 48.0 Å². The van der Waals surface area contributed by atoms with Crippen molar-refractivity contribution < 1.29 is 0 Å². The van der Waals surface area contributed by atoms with Crippen molar-refractivity contribution in [2.45, 2.75) is 0 Å². The van der Waals surface area contributed by atoms with Gasteiger partial charge in [0.05, 0.1) is 17.8 Å². The Morgan fingerprint density at radius 2 is 2.18 bits per heavy atom. The van der Waals surface area contributed by atoms with Crippen molar-refractivity contribution in [2.24, 2.45) is 5.10 Å². The molecule has 5 heteroatoms. The van der Waals surface area contributed by atoms with Crippen LogP contribution in [0.2, 0.25) is 0 Å². The zero-order chi connectivity index (χ0) is 12.5. The van der Waals surface area contributed by atoms with Gasteiger partial charge in [-0.25, -0.2) is 0 Å². The predicted octanol–water partition coefficient (Wildman–Crippen LogP) is 1.54. The quantitative estimate of drug-likeness (QED) is 0.365. The van der Waals surface area contributed by atoms with Crippen LogP contribution in [0.1, 0.15) is 11.1 Å². The van der Waals surface area contributed by atoms with E-state index in [4.69, 9.17) is 17.5 Å². The van der Waals surface area contributed by atoms with Crippen molar-refractivity contribution in [3.63, 3.8) is 0 Å². The SMILES string of the molecule is C=CCNC(=S)NN=Cc1ccc(C#N)cc1. The molecule has 2 N–H and O–H groups in total. The number of hydrogen-bond acceptors (Lipinski definition) is 3. The maximum Gasteiger partial charge on any atom is 0.187 e. The lowest BCUT2D eigenvalue weighted by Crippen LogP contribution is -2.31. The van der Waals surface area contributed by atoms with Gasteiger partial charge in [0.1, 0.15) is 0 Å². The highest BCUT2D eigenvalue weighted by molar-refractivity contribution is 7.80. The number of benzene rings is 1. The molecule has 0 saturated heterocycles. The van der Waals surface area contributed by atoms with E-state index in [0.29, 0.717) is 17.2 Å². The molecule has 86 valence electrons. The molecule has 0 amide bonds. The number of hydrogen-bond donors (Lipinski definition) is 2. The number of hydrazone groups is 1. The van der Waals surface area contributed by atoms with Gasteiger partial charge in [0.2, 0.25) is 0 Å². The number of nitrogens with zero attached hydrogens (tertiary/aromatic N) is 2. The Morgan fingerprint density at radius 1 is 1.47 bits per heavy atom. The lowest BCUT2D eigenvalue weighted by molar-refractivity contribution is 0.942. The van der Waals surface area contributed by atoms with E-state index in [2.05, 4.69) is 28.5 Å². The summed E-state index contributed by atoms with van der Waals surface area (Å²) in [6.07, 6.45) is 3.33. The van der Waals surface area contributed by atoms with Gasteiger partial charge in [0.15, 0.2) is 5.11 Å². The molecule has 0 bridgehead atoms. The van der Waals surface area contributed by atoms with Crippen molar-refractivity contribution in [3.8, 4) is 6.07 Å². The molecule has 0 unspecified atom stereocenters. The van der Waals surface area contributed by atoms with Crippen LogP contribution < -0.4 is 10.7 Å². The van der Waals surface area contributed by atoms with Gasteiger partial charge in [-0.15, -0.1) is 6.58 Å². The highest BCUT2D eigenvalue weighted by Crippen LogP contribution is 2.00. The first-order valence-electron chi connectivity index (χ1n) is 4.94. The minimum atomic E-state index is 0.440. The molecule has 1 aromatic carbocycles. The molecule has 0 aliphatic rings. The lowest BCUT2D eigenvalue weighted by atomic mass is 10.2. The van der Waals surface area contributed by atoms with Crippen molar-refractivity contribution >= 4 is 23.5 Å². The van der Waals surface area contributed by atoms with Crippen LogP contribution in [-0.2, 0) is 0 Å².